The third-order valence-electron chi connectivity index (χ3n) is 4.63. The van der Waals surface area contributed by atoms with Gasteiger partial charge in [-0.1, -0.05) is 0 Å². The number of esters is 1. The topological polar surface area (TPSA) is 110 Å². The summed E-state index contributed by atoms with van der Waals surface area (Å²) < 4.78 is 17.6. The van der Waals surface area contributed by atoms with E-state index in [0.717, 1.165) is 17.5 Å². The number of Topliss-reactive ketones (excluding diaryl/α,β-unsaturated/α-hetero) is 1. The van der Waals surface area contributed by atoms with Gasteiger partial charge in [-0.05, 0) is 40.7 Å². The maximum Gasteiger partial charge on any atom is 0.345 e. The van der Waals surface area contributed by atoms with E-state index in [1.165, 1.54) is 13.2 Å². The fraction of sp³-hybridized carbons (Fsp3) is 0.429. The number of nitro benzene ring substituents is 1. The Kier molecular flexibility index (Phi) is 7.20. The van der Waals surface area contributed by atoms with E-state index in [1.54, 1.807) is 13.0 Å². The Labute approximate surface area is 174 Å². The zero-order valence-corrected chi connectivity index (χ0v) is 18.0. The number of methoxy groups -OCH3 is 1. The Morgan fingerprint density at radius 2 is 1.80 bits per heavy atom. The van der Waals surface area contributed by atoms with Crippen LogP contribution in [-0.2, 0) is 4.74 Å². The third kappa shape index (κ3) is 4.61. The number of carbonyl (C=O) groups is 2. The molecule has 1 aromatic heterocycles. The van der Waals surface area contributed by atoms with Gasteiger partial charge in [0, 0.05) is 29.1 Å². The molecule has 0 aliphatic heterocycles. The van der Waals surface area contributed by atoms with Gasteiger partial charge in [-0.2, -0.15) is 0 Å². The number of ketones is 1. The molecule has 0 N–H and O–H groups in total. The van der Waals surface area contributed by atoms with Gasteiger partial charge in [0.2, 0.25) is 5.78 Å². The van der Waals surface area contributed by atoms with Crippen LogP contribution in [0, 0.1) is 24.0 Å². The molecule has 0 amide bonds. The van der Waals surface area contributed by atoms with E-state index >= 15 is 0 Å². The molecule has 0 aliphatic carbocycles. The quantitative estimate of drug-likeness (QED) is 0.261. The van der Waals surface area contributed by atoms with Gasteiger partial charge < -0.3 is 18.8 Å². The van der Waals surface area contributed by atoms with Gasteiger partial charge in [0.1, 0.15) is 5.56 Å². The molecule has 0 aliphatic rings. The maximum atomic E-state index is 12.6. The van der Waals surface area contributed by atoms with Crippen molar-refractivity contribution in [3.05, 3.63) is 50.8 Å². The van der Waals surface area contributed by atoms with Gasteiger partial charge in [-0.3, -0.25) is 14.9 Å². The summed E-state index contributed by atoms with van der Waals surface area (Å²) >= 11 is 0. The summed E-state index contributed by atoms with van der Waals surface area (Å²) in [6.07, 6.45) is 0. The van der Waals surface area contributed by atoms with Crippen molar-refractivity contribution in [2.45, 2.75) is 40.7 Å². The summed E-state index contributed by atoms with van der Waals surface area (Å²) in [7, 11) is 1.35. The summed E-state index contributed by atoms with van der Waals surface area (Å²) in [6, 6.07) is 4.21. The molecule has 0 unspecified atom stereocenters. The average Bonchev–Trinajstić information content (AvgIpc) is 2.99. The van der Waals surface area contributed by atoms with Crippen molar-refractivity contribution in [1.82, 2.24) is 4.57 Å². The fourth-order valence-electron chi connectivity index (χ4n) is 3.43. The summed E-state index contributed by atoms with van der Waals surface area (Å²) in [5.74, 6) is -1.08. The number of hydrogen-bond acceptors (Lipinski definition) is 7. The molecule has 0 saturated heterocycles. The molecule has 0 bridgehead atoms. The maximum absolute atomic E-state index is 12.6. The van der Waals surface area contributed by atoms with Gasteiger partial charge >= 0.3 is 5.97 Å². The first-order chi connectivity index (χ1) is 14.1. The lowest BCUT2D eigenvalue weighted by molar-refractivity contribution is -0.385. The van der Waals surface area contributed by atoms with E-state index in [-0.39, 0.29) is 35.5 Å². The molecule has 9 heteroatoms. The van der Waals surface area contributed by atoms with E-state index in [2.05, 4.69) is 0 Å². The number of aromatic nitrogens is 1. The van der Waals surface area contributed by atoms with Crippen LogP contribution in [0.3, 0.4) is 0 Å². The molecule has 2 aromatic rings. The van der Waals surface area contributed by atoms with Gasteiger partial charge in [-0.25, -0.2) is 4.79 Å². The molecule has 2 rings (SSSR count). The Hall–Kier alpha value is -3.36. The van der Waals surface area contributed by atoms with Crippen molar-refractivity contribution in [2.75, 3.05) is 20.3 Å². The molecular weight excluding hydrogens is 392 g/mol. The first kappa shape index (κ1) is 22.9. The molecule has 1 heterocycles. The number of hydrogen-bond donors (Lipinski definition) is 0. The SMILES string of the molecule is CCOc1cc([N+](=O)[O-])c(C(=O)OCC(=O)c2cc(C)n(C(C)C)c2C)cc1OC. The second kappa shape index (κ2) is 9.43. The Morgan fingerprint density at radius 1 is 1.13 bits per heavy atom. The predicted molar refractivity (Wildman–Crippen MR) is 110 cm³/mol. The van der Waals surface area contributed by atoms with E-state index in [0.29, 0.717) is 5.56 Å². The van der Waals surface area contributed by atoms with Crippen LogP contribution in [0.5, 0.6) is 11.5 Å². The lowest BCUT2D eigenvalue weighted by atomic mass is 10.1. The predicted octanol–water partition coefficient (Wildman–Crippen LogP) is 4.04. The van der Waals surface area contributed by atoms with Crippen molar-refractivity contribution in [1.29, 1.82) is 0 Å². The van der Waals surface area contributed by atoms with E-state index in [1.807, 2.05) is 32.3 Å². The second-order valence-electron chi connectivity index (χ2n) is 6.96. The van der Waals surface area contributed by atoms with Crippen LogP contribution in [0.15, 0.2) is 18.2 Å². The van der Waals surface area contributed by atoms with Gasteiger partial charge in [-0.15, -0.1) is 0 Å². The third-order valence-corrected chi connectivity index (χ3v) is 4.63. The van der Waals surface area contributed by atoms with Crippen LogP contribution in [-0.4, -0.2) is 41.6 Å². The molecule has 0 fully saturated rings. The number of benzene rings is 1. The second-order valence-corrected chi connectivity index (χ2v) is 6.96. The first-order valence-electron chi connectivity index (χ1n) is 9.50. The highest BCUT2D eigenvalue weighted by Crippen LogP contribution is 2.35. The van der Waals surface area contributed by atoms with E-state index in [4.69, 9.17) is 14.2 Å². The summed E-state index contributed by atoms with van der Waals surface area (Å²) in [6.45, 7) is 9.18. The van der Waals surface area contributed by atoms with Gasteiger partial charge in [0.05, 0.1) is 24.7 Å². The van der Waals surface area contributed by atoms with Crippen molar-refractivity contribution in [3.63, 3.8) is 0 Å². The number of rotatable bonds is 9. The Bertz CT molecular complexity index is 976. The van der Waals surface area contributed by atoms with Crippen LogP contribution in [0.25, 0.3) is 0 Å². The minimum absolute atomic E-state index is 0.139. The Balaban J connectivity index is 2.27. The standard InChI is InChI=1S/C21H26N2O7/c1-7-29-20-10-17(23(26)27)16(9-19(20)28-6)21(25)30-11-18(24)15-8-13(4)22(12(2)3)14(15)5/h8-10,12H,7,11H2,1-6H3. The fourth-order valence-corrected chi connectivity index (χ4v) is 3.43. The zero-order chi connectivity index (χ0) is 22.6. The van der Waals surface area contributed by atoms with Crippen LogP contribution in [0.2, 0.25) is 0 Å². The van der Waals surface area contributed by atoms with Crippen molar-refractivity contribution < 1.29 is 28.7 Å². The first-order valence-corrected chi connectivity index (χ1v) is 9.50. The Morgan fingerprint density at radius 3 is 2.30 bits per heavy atom. The van der Waals surface area contributed by atoms with E-state index in [9.17, 15) is 19.7 Å². The monoisotopic (exact) mass is 418 g/mol. The molecular formula is C21H26N2O7. The molecule has 0 radical (unpaired) electrons. The summed E-state index contributed by atoms with van der Waals surface area (Å²) in [5, 5.41) is 11.4. The number of nitro groups is 1. The molecule has 0 spiro atoms. The van der Waals surface area contributed by atoms with Crippen LogP contribution < -0.4 is 9.47 Å². The minimum Gasteiger partial charge on any atom is -0.493 e. The van der Waals surface area contributed by atoms with Crippen LogP contribution in [0.4, 0.5) is 5.69 Å². The number of ether oxygens (including phenoxy) is 3. The zero-order valence-electron chi connectivity index (χ0n) is 18.0. The normalized spacial score (nSPS) is 10.8. The average molecular weight is 418 g/mol. The molecule has 9 nitrogen and oxygen atoms in total. The van der Waals surface area contributed by atoms with Crippen LogP contribution >= 0.6 is 0 Å². The number of nitrogens with zero attached hydrogens (tertiary/aromatic N) is 2. The van der Waals surface area contributed by atoms with Crippen molar-refractivity contribution in [3.8, 4) is 11.5 Å². The highest BCUT2D eigenvalue weighted by atomic mass is 16.6. The lowest BCUT2D eigenvalue weighted by Crippen LogP contribution is -2.16. The highest BCUT2D eigenvalue weighted by molar-refractivity contribution is 6.01. The van der Waals surface area contributed by atoms with Crippen LogP contribution in [0.1, 0.15) is 58.9 Å². The smallest absolute Gasteiger partial charge is 0.345 e. The van der Waals surface area contributed by atoms with Crippen molar-refractivity contribution >= 4 is 17.4 Å². The van der Waals surface area contributed by atoms with Crippen molar-refractivity contribution in [2.24, 2.45) is 0 Å². The largest absolute Gasteiger partial charge is 0.493 e. The molecule has 0 atom stereocenters. The summed E-state index contributed by atoms with van der Waals surface area (Å²) in [4.78, 5) is 35.8. The molecule has 1 aromatic carbocycles. The molecule has 162 valence electrons. The minimum atomic E-state index is -0.992. The molecule has 0 saturated carbocycles. The number of aryl methyl sites for hydroxylation is 1. The van der Waals surface area contributed by atoms with Gasteiger partial charge in [0.15, 0.2) is 18.1 Å². The summed E-state index contributed by atoms with van der Waals surface area (Å²) in [5.41, 5.74) is 1.34. The van der Waals surface area contributed by atoms with Gasteiger partial charge in [0.25, 0.3) is 5.69 Å². The highest BCUT2D eigenvalue weighted by Gasteiger charge is 2.27. The lowest BCUT2D eigenvalue weighted by Gasteiger charge is -2.13. The number of carbonyl (C=O) groups excluding carboxylic acids is 2. The molecule has 30 heavy (non-hydrogen) atoms. The van der Waals surface area contributed by atoms with E-state index < -0.39 is 23.2 Å².